The van der Waals surface area contributed by atoms with Crippen molar-refractivity contribution in [3.8, 4) is 11.1 Å². The number of benzene rings is 1. The van der Waals surface area contributed by atoms with Gasteiger partial charge < -0.3 is 18.9 Å². The molecule has 4 unspecified atom stereocenters. The van der Waals surface area contributed by atoms with Gasteiger partial charge in [-0.25, -0.2) is 28.3 Å². The summed E-state index contributed by atoms with van der Waals surface area (Å²) in [6.07, 6.45) is 5.25. The molecule has 4 bridgehead atoms. The summed E-state index contributed by atoms with van der Waals surface area (Å²) in [5.74, 6) is -2.29. The van der Waals surface area contributed by atoms with Crippen molar-refractivity contribution in [1.82, 2.24) is 9.97 Å². The number of hydrogen-bond acceptors (Lipinski definition) is 8. The second-order valence-corrected chi connectivity index (χ2v) is 11.3. The summed E-state index contributed by atoms with van der Waals surface area (Å²) in [6.45, 7) is 4.03. The quantitative estimate of drug-likeness (QED) is 0.295. The number of halogens is 3. The van der Waals surface area contributed by atoms with E-state index in [0.717, 1.165) is 55.0 Å². The third-order valence-corrected chi connectivity index (χ3v) is 8.47. The minimum atomic E-state index is -0.665. The Labute approximate surface area is 252 Å². The minimum Gasteiger partial charge on any atom is -0.461 e. The van der Waals surface area contributed by atoms with Crippen LogP contribution in [0.4, 0.5) is 8.78 Å². The lowest BCUT2D eigenvalue weighted by Gasteiger charge is -2.26. The van der Waals surface area contributed by atoms with E-state index < -0.39 is 23.6 Å². The highest BCUT2D eigenvalue weighted by molar-refractivity contribution is 6.31. The van der Waals surface area contributed by atoms with Crippen LogP contribution in [0.5, 0.6) is 0 Å². The van der Waals surface area contributed by atoms with Crippen LogP contribution in [0.25, 0.3) is 11.1 Å². The predicted molar refractivity (Wildman–Crippen MR) is 152 cm³/mol. The van der Waals surface area contributed by atoms with E-state index >= 15 is 0 Å². The van der Waals surface area contributed by atoms with Crippen LogP contribution in [0.3, 0.4) is 0 Å². The van der Waals surface area contributed by atoms with Gasteiger partial charge in [0.25, 0.3) is 0 Å². The summed E-state index contributed by atoms with van der Waals surface area (Å²) >= 11 is 6.25. The zero-order valence-electron chi connectivity index (χ0n) is 23.8. The summed E-state index contributed by atoms with van der Waals surface area (Å²) in [7, 11) is 0. The number of carbonyl (C=O) groups excluding carboxylic acids is 2. The highest BCUT2D eigenvalue weighted by Gasteiger charge is 2.38. The molecule has 0 aliphatic carbocycles. The predicted octanol–water partition coefficient (Wildman–Crippen LogP) is 6.67. The molecule has 43 heavy (non-hydrogen) atoms. The molecule has 8 nitrogen and oxygen atoms in total. The number of hydrogen-bond donors (Lipinski definition) is 0. The molecule has 226 valence electrons. The lowest BCUT2D eigenvalue weighted by atomic mass is 9.92. The Bertz CT molecular complexity index is 1580. The molecule has 2 aromatic heterocycles. The lowest BCUT2D eigenvalue weighted by Crippen LogP contribution is -2.22. The van der Waals surface area contributed by atoms with Gasteiger partial charge in [-0.1, -0.05) is 11.6 Å². The molecule has 0 amide bonds. The zero-order chi connectivity index (χ0) is 30.2. The second-order valence-electron chi connectivity index (χ2n) is 10.9. The fourth-order valence-corrected chi connectivity index (χ4v) is 6.51. The number of rotatable bonds is 5. The third kappa shape index (κ3) is 5.88. The zero-order valence-corrected chi connectivity index (χ0v) is 24.6. The van der Waals surface area contributed by atoms with Gasteiger partial charge in [0.05, 0.1) is 36.8 Å². The first-order chi connectivity index (χ1) is 20.7. The van der Waals surface area contributed by atoms with Crippen molar-refractivity contribution in [2.75, 3.05) is 13.2 Å². The average Bonchev–Trinajstić information content (AvgIpc) is 3.57. The summed E-state index contributed by atoms with van der Waals surface area (Å²) in [4.78, 5) is 32.7. The highest BCUT2D eigenvalue weighted by Crippen LogP contribution is 2.44. The molecule has 2 fully saturated rings. The smallest absolute Gasteiger partial charge is 0.356 e. The number of carbonyl (C=O) groups is 2. The largest absolute Gasteiger partial charge is 0.461 e. The van der Waals surface area contributed by atoms with E-state index in [1.165, 1.54) is 18.2 Å². The van der Waals surface area contributed by atoms with E-state index in [1.54, 1.807) is 19.9 Å². The molecule has 3 aromatic rings. The summed E-state index contributed by atoms with van der Waals surface area (Å²) < 4.78 is 49.4. The van der Waals surface area contributed by atoms with Crippen LogP contribution in [0.2, 0.25) is 5.02 Å². The topological polar surface area (TPSA) is 96.8 Å². The van der Waals surface area contributed by atoms with E-state index in [1.807, 2.05) is 0 Å². The molecule has 1 aromatic carbocycles. The van der Waals surface area contributed by atoms with Crippen LogP contribution >= 0.6 is 11.6 Å². The normalized spacial score (nSPS) is 22.6. The summed E-state index contributed by atoms with van der Waals surface area (Å²) in [5.41, 5.74) is 4.60. The molecule has 0 spiro atoms. The van der Waals surface area contributed by atoms with Crippen molar-refractivity contribution >= 4 is 23.5 Å². The van der Waals surface area contributed by atoms with Gasteiger partial charge in [-0.15, -0.1) is 0 Å². The lowest BCUT2D eigenvalue weighted by molar-refractivity contribution is 0.0287. The van der Waals surface area contributed by atoms with Crippen LogP contribution in [0.1, 0.15) is 95.2 Å². The maximum Gasteiger partial charge on any atom is 0.356 e. The Hall–Kier alpha value is -3.47. The molecule has 0 saturated carbocycles. The van der Waals surface area contributed by atoms with E-state index in [-0.39, 0.29) is 48.0 Å². The SMILES string of the molecule is CCOC(=O)c1cc(-c2ccc(F)cc2F)c2c(n1)C1CCC(C2)O1.CCOC(=O)c1cc(Cl)c2c(n1)C1CCC(C2)O1. The first-order valence-corrected chi connectivity index (χ1v) is 15.0. The van der Waals surface area contributed by atoms with Crippen LogP contribution in [0.15, 0.2) is 30.3 Å². The van der Waals surface area contributed by atoms with Gasteiger partial charge >= 0.3 is 11.9 Å². The van der Waals surface area contributed by atoms with Gasteiger partial charge in [-0.05, 0) is 80.5 Å². The fourth-order valence-electron chi connectivity index (χ4n) is 6.24. The van der Waals surface area contributed by atoms with Crippen LogP contribution < -0.4 is 0 Å². The van der Waals surface area contributed by atoms with Crippen molar-refractivity contribution in [3.63, 3.8) is 0 Å². The molecular weight excluding hydrogens is 582 g/mol. The number of esters is 2. The molecule has 2 saturated heterocycles. The summed E-state index contributed by atoms with van der Waals surface area (Å²) in [5, 5.41) is 0.600. The molecule has 4 aliphatic heterocycles. The molecule has 11 heteroatoms. The van der Waals surface area contributed by atoms with Gasteiger partial charge in [0, 0.05) is 29.5 Å². The average molecular weight is 613 g/mol. The Morgan fingerprint density at radius 2 is 1.37 bits per heavy atom. The monoisotopic (exact) mass is 612 g/mol. The number of fused-ring (bicyclic) bond motifs is 8. The number of pyridine rings is 2. The highest BCUT2D eigenvalue weighted by atomic mass is 35.5. The first kappa shape index (κ1) is 29.6. The van der Waals surface area contributed by atoms with Crippen LogP contribution in [-0.2, 0) is 31.8 Å². The molecule has 4 aliphatic rings. The first-order valence-electron chi connectivity index (χ1n) is 14.6. The number of aromatic nitrogens is 2. The standard InChI is InChI=1S/C19H17F2NO3.C13H14ClNO3/c1-2-24-19(23)16-9-13(12-5-3-10(20)7-15(12)21)14-8-11-4-6-17(25-11)18(14)22-16;1-2-17-13(16)10-6-9(14)8-5-7-3-4-11(18-7)12(8)15-10/h3,5,7,9,11,17H,2,4,6,8H2,1H3;6-7,11H,2-5H2,1H3. The van der Waals surface area contributed by atoms with E-state index in [4.69, 9.17) is 30.5 Å². The molecule has 7 rings (SSSR count). The molecule has 4 atom stereocenters. The Morgan fingerprint density at radius 1 is 0.814 bits per heavy atom. The third-order valence-electron chi connectivity index (χ3n) is 8.14. The maximum absolute atomic E-state index is 14.4. The van der Waals surface area contributed by atoms with Crippen molar-refractivity contribution in [1.29, 1.82) is 0 Å². The van der Waals surface area contributed by atoms with E-state index in [2.05, 4.69) is 9.97 Å². The van der Waals surface area contributed by atoms with Crippen molar-refractivity contribution in [2.45, 2.75) is 76.8 Å². The minimum absolute atomic E-state index is 0.00868. The Kier molecular flexibility index (Phi) is 8.44. The Balaban J connectivity index is 0.000000162. The van der Waals surface area contributed by atoms with Gasteiger partial charge in [0.15, 0.2) is 0 Å². The number of ether oxygens (including phenoxy) is 4. The molecule has 6 heterocycles. The van der Waals surface area contributed by atoms with Crippen molar-refractivity contribution in [2.24, 2.45) is 0 Å². The summed E-state index contributed by atoms with van der Waals surface area (Å²) in [6, 6.07) is 6.59. The van der Waals surface area contributed by atoms with Crippen molar-refractivity contribution < 1.29 is 37.3 Å². The maximum atomic E-state index is 14.4. The molecular formula is C32H31ClF2N2O6. The molecule has 0 radical (unpaired) electrons. The fraction of sp³-hybridized carbons (Fsp3) is 0.438. The second kappa shape index (κ2) is 12.3. The molecule has 0 N–H and O–H groups in total. The Morgan fingerprint density at radius 3 is 1.95 bits per heavy atom. The van der Waals surface area contributed by atoms with Gasteiger partial charge in [0.2, 0.25) is 0 Å². The van der Waals surface area contributed by atoms with Gasteiger partial charge in [-0.2, -0.15) is 0 Å². The van der Waals surface area contributed by atoms with Gasteiger partial charge in [-0.3, -0.25) is 0 Å². The van der Waals surface area contributed by atoms with Crippen molar-refractivity contribution in [3.05, 3.63) is 80.9 Å². The van der Waals surface area contributed by atoms with Crippen LogP contribution in [0, 0.1) is 11.6 Å². The number of nitrogens with zero attached hydrogens (tertiary/aromatic N) is 2. The van der Waals surface area contributed by atoms with Gasteiger partial charge in [0.1, 0.15) is 35.2 Å². The van der Waals surface area contributed by atoms with E-state index in [0.29, 0.717) is 29.3 Å². The van der Waals surface area contributed by atoms with E-state index in [9.17, 15) is 18.4 Å². The van der Waals surface area contributed by atoms with Crippen LogP contribution in [-0.4, -0.2) is 47.3 Å².